The first-order valence-corrected chi connectivity index (χ1v) is 11.4. The minimum absolute atomic E-state index is 0.358. The van der Waals surface area contributed by atoms with E-state index in [0.717, 1.165) is 6.42 Å². The molecule has 3 aromatic rings. The molecule has 1 atom stereocenters. The second kappa shape index (κ2) is 10.2. The Morgan fingerprint density at radius 1 is 0.824 bits per heavy atom. The van der Waals surface area contributed by atoms with E-state index in [4.69, 9.17) is 0 Å². The van der Waals surface area contributed by atoms with Crippen LogP contribution in [0.25, 0.3) is 0 Å². The van der Waals surface area contributed by atoms with Gasteiger partial charge in [-0.1, -0.05) is 62.4 Å². The Balaban J connectivity index is 1.74. The molecule has 4 amide bonds. The van der Waals surface area contributed by atoms with Crippen LogP contribution in [-0.4, -0.2) is 30.4 Å². The number of benzene rings is 3. The molecule has 0 saturated heterocycles. The van der Waals surface area contributed by atoms with E-state index in [1.165, 1.54) is 4.90 Å². The first kappa shape index (κ1) is 23.0. The molecule has 1 aliphatic heterocycles. The van der Waals surface area contributed by atoms with Gasteiger partial charge in [0.2, 0.25) is 0 Å². The van der Waals surface area contributed by atoms with Gasteiger partial charge in [0, 0.05) is 17.9 Å². The molecule has 7 nitrogen and oxygen atoms in total. The number of carbonyl (C=O) groups excluding carboxylic acids is 3. The molecule has 0 radical (unpaired) electrons. The Morgan fingerprint density at radius 2 is 1.41 bits per heavy atom. The van der Waals surface area contributed by atoms with Crippen molar-refractivity contribution in [3.63, 3.8) is 0 Å². The summed E-state index contributed by atoms with van der Waals surface area (Å²) in [6, 6.07) is 23.4. The number of para-hydroxylation sites is 4. The minimum atomic E-state index is -1.39. The third-order valence-electron chi connectivity index (χ3n) is 5.65. The molecule has 1 aliphatic rings. The first-order chi connectivity index (χ1) is 16.5. The highest BCUT2D eigenvalue weighted by atomic mass is 16.2. The Hall–Kier alpha value is -4.13. The zero-order valence-corrected chi connectivity index (χ0v) is 19.3. The third kappa shape index (κ3) is 4.93. The smallest absolute Gasteiger partial charge is 0.318 e. The van der Waals surface area contributed by atoms with E-state index in [9.17, 15) is 14.4 Å². The molecule has 0 aromatic heterocycles. The topological polar surface area (TPSA) is 81.8 Å². The molecular formula is C27H28N4O3. The second-order valence-electron chi connectivity index (χ2n) is 8.57. The number of carbonyl (C=O) groups is 3. The van der Waals surface area contributed by atoms with Crippen molar-refractivity contribution in [3.8, 4) is 0 Å². The van der Waals surface area contributed by atoms with E-state index in [1.807, 2.05) is 60.7 Å². The van der Waals surface area contributed by atoms with Gasteiger partial charge < -0.3 is 15.5 Å². The van der Waals surface area contributed by atoms with Crippen LogP contribution < -0.4 is 20.4 Å². The molecule has 34 heavy (non-hydrogen) atoms. The van der Waals surface area contributed by atoms with Crippen LogP contribution in [0.3, 0.4) is 0 Å². The van der Waals surface area contributed by atoms with Gasteiger partial charge in [0.1, 0.15) is 0 Å². The van der Waals surface area contributed by atoms with Gasteiger partial charge in [-0.2, -0.15) is 0 Å². The summed E-state index contributed by atoms with van der Waals surface area (Å²) in [7, 11) is 0. The van der Waals surface area contributed by atoms with Gasteiger partial charge in [-0.25, -0.2) is 4.79 Å². The van der Waals surface area contributed by atoms with Gasteiger partial charge in [-0.15, -0.1) is 0 Å². The third-order valence-corrected chi connectivity index (χ3v) is 5.65. The number of amides is 4. The van der Waals surface area contributed by atoms with Crippen LogP contribution in [-0.2, 0) is 9.59 Å². The zero-order valence-electron chi connectivity index (χ0n) is 19.3. The maximum Gasteiger partial charge on any atom is 0.320 e. The summed E-state index contributed by atoms with van der Waals surface area (Å²) in [6.07, 6.45) is 0.753. The Bertz CT molecular complexity index is 1160. The van der Waals surface area contributed by atoms with Crippen LogP contribution in [0.4, 0.5) is 27.5 Å². The van der Waals surface area contributed by atoms with Crippen LogP contribution in [0.2, 0.25) is 0 Å². The summed E-state index contributed by atoms with van der Waals surface area (Å²) in [4.78, 5) is 43.5. The molecule has 7 heteroatoms. The number of fused-ring (bicyclic) bond motifs is 1. The Labute approximate surface area is 199 Å². The number of urea groups is 1. The predicted molar refractivity (Wildman–Crippen MR) is 134 cm³/mol. The normalized spacial score (nSPS) is 15.7. The quantitative estimate of drug-likeness (QED) is 0.516. The van der Waals surface area contributed by atoms with Crippen molar-refractivity contribution in [2.75, 3.05) is 21.7 Å². The summed E-state index contributed by atoms with van der Waals surface area (Å²) >= 11 is 0. The SMILES string of the molecule is CC(C)CCN1C(=O)[C@@H](NC(=O)Nc2ccccc2)C(=O)N(c2ccccc2)c2ccccc21. The molecule has 0 fully saturated rings. The monoisotopic (exact) mass is 456 g/mol. The van der Waals surface area contributed by atoms with Crippen molar-refractivity contribution in [1.82, 2.24) is 5.32 Å². The molecule has 2 N–H and O–H groups in total. The zero-order chi connectivity index (χ0) is 24.1. The molecular weight excluding hydrogens is 428 g/mol. The Morgan fingerprint density at radius 3 is 2.06 bits per heavy atom. The lowest BCUT2D eigenvalue weighted by Gasteiger charge is -2.26. The molecule has 1 heterocycles. The van der Waals surface area contributed by atoms with E-state index < -0.39 is 23.9 Å². The minimum Gasteiger partial charge on any atom is -0.318 e. The van der Waals surface area contributed by atoms with Crippen LogP contribution in [0, 0.1) is 5.92 Å². The fraction of sp³-hybridized carbons (Fsp3) is 0.222. The molecule has 0 saturated carbocycles. The van der Waals surface area contributed by atoms with Crippen molar-refractivity contribution < 1.29 is 14.4 Å². The molecule has 4 rings (SSSR count). The van der Waals surface area contributed by atoms with Gasteiger partial charge in [0.25, 0.3) is 11.8 Å². The van der Waals surface area contributed by atoms with Crippen molar-refractivity contribution in [2.24, 2.45) is 5.92 Å². The number of hydrogen-bond donors (Lipinski definition) is 2. The van der Waals surface area contributed by atoms with E-state index in [0.29, 0.717) is 35.2 Å². The number of nitrogens with zero attached hydrogens (tertiary/aromatic N) is 2. The molecule has 0 aliphatic carbocycles. The van der Waals surface area contributed by atoms with Gasteiger partial charge in [-0.3, -0.25) is 14.5 Å². The summed E-state index contributed by atoms with van der Waals surface area (Å²) in [5, 5.41) is 5.33. The standard InChI is InChI=1S/C27H28N4O3/c1-19(2)17-18-30-22-15-9-10-16-23(22)31(21-13-7-4-8-14-21)26(33)24(25(30)32)29-27(34)28-20-11-5-3-6-12-20/h3-16,19,24H,17-18H2,1-2H3,(H2,28,29,34)/t24-/m1/s1. The maximum atomic E-state index is 13.8. The fourth-order valence-corrected chi connectivity index (χ4v) is 3.91. The lowest BCUT2D eigenvalue weighted by molar-refractivity contribution is -0.128. The van der Waals surface area contributed by atoms with E-state index in [-0.39, 0.29) is 0 Å². The molecule has 0 bridgehead atoms. The summed E-state index contributed by atoms with van der Waals surface area (Å²) in [6.45, 7) is 4.60. The van der Waals surface area contributed by atoms with Crippen molar-refractivity contribution in [2.45, 2.75) is 26.3 Å². The molecule has 174 valence electrons. The maximum absolute atomic E-state index is 13.8. The van der Waals surface area contributed by atoms with Crippen molar-refractivity contribution in [3.05, 3.63) is 84.9 Å². The first-order valence-electron chi connectivity index (χ1n) is 11.4. The largest absolute Gasteiger partial charge is 0.320 e. The lowest BCUT2D eigenvalue weighted by atomic mass is 10.1. The predicted octanol–water partition coefficient (Wildman–Crippen LogP) is 4.93. The number of anilines is 4. The van der Waals surface area contributed by atoms with Crippen molar-refractivity contribution in [1.29, 1.82) is 0 Å². The number of hydrogen-bond acceptors (Lipinski definition) is 3. The summed E-state index contributed by atoms with van der Waals surface area (Å²) in [5.41, 5.74) is 2.42. The molecule has 3 aromatic carbocycles. The average molecular weight is 457 g/mol. The molecule has 0 spiro atoms. The highest BCUT2D eigenvalue weighted by Crippen LogP contribution is 2.38. The number of nitrogens with one attached hydrogen (secondary N) is 2. The summed E-state index contributed by atoms with van der Waals surface area (Å²) in [5.74, 6) is -0.615. The van der Waals surface area contributed by atoms with Crippen LogP contribution in [0.5, 0.6) is 0 Å². The van der Waals surface area contributed by atoms with E-state index >= 15 is 0 Å². The fourth-order valence-electron chi connectivity index (χ4n) is 3.91. The van der Waals surface area contributed by atoms with Crippen molar-refractivity contribution >= 4 is 40.6 Å². The van der Waals surface area contributed by atoms with Gasteiger partial charge in [0.15, 0.2) is 6.04 Å². The Kier molecular flexibility index (Phi) is 6.92. The van der Waals surface area contributed by atoms with Gasteiger partial charge >= 0.3 is 6.03 Å². The lowest BCUT2D eigenvalue weighted by Crippen LogP contribution is -2.55. The average Bonchev–Trinajstić information content (AvgIpc) is 2.92. The van der Waals surface area contributed by atoms with Crippen LogP contribution >= 0.6 is 0 Å². The van der Waals surface area contributed by atoms with Crippen LogP contribution in [0.1, 0.15) is 20.3 Å². The summed E-state index contributed by atoms with van der Waals surface area (Å²) < 4.78 is 0. The highest BCUT2D eigenvalue weighted by Gasteiger charge is 2.41. The van der Waals surface area contributed by atoms with E-state index in [1.54, 1.807) is 29.2 Å². The number of rotatable bonds is 6. The molecule has 0 unspecified atom stereocenters. The van der Waals surface area contributed by atoms with Gasteiger partial charge in [0.05, 0.1) is 11.4 Å². The van der Waals surface area contributed by atoms with Gasteiger partial charge in [-0.05, 0) is 48.7 Å². The van der Waals surface area contributed by atoms with E-state index in [2.05, 4.69) is 24.5 Å². The van der Waals surface area contributed by atoms with Crippen LogP contribution in [0.15, 0.2) is 84.9 Å². The highest BCUT2D eigenvalue weighted by molar-refractivity contribution is 6.24. The second-order valence-corrected chi connectivity index (χ2v) is 8.57.